The van der Waals surface area contributed by atoms with Crippen LogP contribution in [0.5, 0.6) is 0 Å². The van der Waals surface area contributed by atoms with E-state index in [1.165, 1.54) is 9.25 Å². The first kappa shape index (κ1) is 15.3. The molecule has 1 N–H and O–H groups in total. The largest absolute Gasteiger partial charge is 0.325 e. The molecular weight excluding hydrogens is 340 g/mol. The van der Waals surface area contributed by atoms with E-state index in [1.54, 1.807) is 31.3 Å². The van der Waals surface area contributed by atoms with Gasteiger partial charge in [0, 0.05) is 17.8 Å². The van der Waals surface area contributed by atoms with Crippen LogP contribution >= 0.6 is 11.6 Å². The summed E-state index contributed by atoms with van der Waals surface area (Å²) in [7, 11) is 1.64. The highest BCUT2D eigenvalue weighted by atomic mass is 35.5. The van der Waals surface area contributed by atoms with Gasteiger partial charge in [0.15, 0.2) is 11.2 Å². The van der Waals surface area contributed by atoms with Gasteiger partial charge < -0.3 is 5.32 Å². The summed E-state index contributed by atoms with van der Waals surface area (Å²) in [5.74, 6) is 0.404. The van der Waals surface area contributed by atoms with E-state index in [1.807, 2.05) is 30.3 Å². The first-order valence-corrected chi connectivity index (χ1v) is 7.92. The summed E-state index contributed by atoms with van der Waals surface area (Å²) in [6, 6.07) is 16.6. The highest BCUT2D eigenvalue weighted by molar-refractivity contribution is 6.30. The molecule has 0 aliphatic heterocycles. The highest BCUT2D eigenvalue weighted by Gasteiger charge is 2.16. The molecule has 25 heavy (non-hydrogen) atoms. The van der Waals surface area contributed by atoms with Crippen molar-refractivity contribution in [3.05, 3.63) is 70.0 Å². The SMILES string of the molecule is Cn1c(Nc2ccccc2)nc2c(nnn2-c2ccc(Cl)cc2)c1=O. The summed E-state index contributed by atoms with van der Waals surface area (Å²) in [5, 5.41) is 11.8. The van der Waals surface area contributed by atoms with Crippen molar-refractivity contribution >= 4 is 34.4 Å². The smallest absolute Gasteiger partial charge is 0.284 e. The van der Waals surface area contributed by atoms with Gasteiger partial charge in [0.05, 0.1) is 5.69 Å². The van der Waals surface area contributed by atoms with Crippen LogP contribution in [-0.2, 0) is 7.05 Å². The molecule has 2 aromatic carbocycles. The van der Waals surface area contributed by atoms with Crippen molar-refractivity contribution in [2.24, 2.45) is 7.05 Å². The molecule has 2 aromatic heterocycles. The molecule has 0 bridgehead atoms. The Morgan fingerprint density at radius 3 is 2.48 bits per heavy atom. The van der Waals surface area contributed by atoms with Crippen molar-refractivity contribution < 1.29 is 0 Å². The summed E-state index contributed by atoms with van der Waals surface area (Å²) in [4.78, 5) is 17.1. The fraction of sp³-hybridized carbons (Fsp3) is 0.0588. The molecule has 0 saturated heterocycles. The number of anilines is 2. The third kappa shape index (κ3) is 2.74. The van der Waals surface area contributed by atoms with Crippen molar-refractivity contribution in [1.29, 1.82) is 0 Å². The minimum Gasteiger partial charge on any atom is -0.325 e. The Morgan fingerprint density at radius 1 is 1.04 bits per heavy atom. The monoisotopic (exact) mass is 352 g/mol. The van der Waals surface area contributed by atoms with Crippen LogP contribution in [0.4, 0.5) is 11.6 Å². The maximum atomic E-state index is 12.6. The second-order valence-electron chi connectivity index (χ2n) is 5.44. The van der Waals surface area contributed by atoms with Crippen LogP contribution in [0, 0.1) is 0 Å². The minimum atomic E-state index is -0.274. The van der Waals surface area contributed by atoms with E-state index in [2.05, 4.69) is 20.6 Å². The lowest BCUT2D eigenvalue weighted by atomic mass is 10.3. The fourth-order valence-electron chi connectivity index (χ4n) is 2.46. The number of hydrogen-bond donors (Lipinski definition) is 1. The van der Waals surface area contributed by atoms with Crippen LogP contribution in [0.1, 0.15) is 0 Å². The van der Waals surface area contributed by atoms with Gasteiger partial charge in [-0.15, -0.1) is 5.10 Å². The number of aromatic nitrogens is 5. The number of hydrogen-bond acceptors (Lipinski definition) is 5. The molecule has 0 unspecified atom stereocenters. The average Bonchev–Trinajstić information content (AvgIpc) is 3.05. The molecule has 0 atom stereocenters. The molecule has 8 heteroatoms. The number of halogens is 1. The topological polar surface area (TPSA) is 77.6 Å². The van der Waals surface area contributed by atoms with Gasteiger partial charge in [0.1, 0.15) is 0 Å². The van der Waals surface area contributed by atoms with Gasteiger partial charge in [-0.05, 0) is 36.4 Å². The van der Waals surface area contributed by atoms with Crippen LogP contribution < -0.4 is 10.9 Å². The average molecular weight is 353 g/mol. The Labute approximate surface area is 147 Å². The second-order valence-corrected chi connectivity index (χ2v) is 5.88. The molecule has 4 rings (SSSR count). The van der Waals surface area contributed by atoms with Gasteiger partial charge in [-0.1, -0.05) is 35.0 Å². The van der Waals surface area contributed by atoms with Crippen molar-refractivity contribution in [3.63, 3.8) is 0 Å². The summed E-state index contributed by atoms with van der Waals surface area (Å²) in [5.41, 5.74) is 1.86. The first-order valence-electron chi connectivity index (χ1n) is 7.54. The van der Waals surface area contributed by atoms with E-state index in [0.717, 1.165) is 11.4 Å². The molecule has 0 aliphatic carbocycles. The molecule has 2 heterocycles. The van der Waals surface area contributed by atoms with Crippen molar-refractivity contribution in [2.45, 2.75) is 0 Å². The van der Waals surface area contributed by atoms with Gasteiger partial charge in [0.25, 0.3) is 5.56 Å². The molecule has 0 spiro atoms. The number of benzene rings is 2. The van der Waals surface area contributed by atoms with E-state index >= 15 is 0 Å². The lowest BCUT2D eigenvalue weighted by Crippen LogP contribution is -2.21. The Kier molecular flexibility index (Phi) is 3.70. The summed E-state index contributed by atoms with van der Waals surface area (Å²) in [6.07, 6.45) is 0. The van der Waals surface area contributed by atoms with Crippen LogP contribution in [0.2, 0.25) is 5.02 Å². The Morgan fingerprint density at radius 2 is 1.76 bits per heavy atom. The molecule has 0 amide bonds. The van der Waals surface area contributed by atoms with E-state index in [0.29, 0.717) is 16.6 Å². The summed E-state index contributed by atoms with van der Waals surface area (Å²) in [6.45, 7) is 0. The zero-order valence-corrected chi connectivity index (χ0v) is 14.0. The van der Waals surface area contributed by atoms with E-state index < -0.39 is 0 Å². The quantitative estimate of drug-likeness (QED) is 0.613. The van der Waals surface area contributed by atoms with Crippen LogP contribution in [-0.4, -0.2) is 24.5 Å². The fourth-order valence-corrected chi connectivity index (χ4v) is 2.59. The zero-order chi connectivity index (χ0) is 17.4. The van der Waals surface area contributed by atoms with Crippen LogP contribution in [0.25, 0.3) is 16.9 Å². The van der Waals surface area contributed by atoms with Gasteiger partial charge in [-0.25, -0.2) is 0 Å². The molecule has 0 radical (unpaired) electrons. The lowest BCUT2D eigenvalue weighted by Gasteiger charge is -2.10. The number of nitrogens with one attached hydrogen (secondary N) is 1. The summed E-state index contributed by atoms with van der Waals surface area (Å²) < 4.78 is 2.93. The molecule has 7 nitrogen and oxygen atoms in total. The third-order valence-corrected chi connectivity index (χ3v) is 4.04. The zero-order valence-electron chi connectivity index (χ0n) is 13.2. The number of para-hydroxylation sites is 1. The number of nitrogens with zero attached hydrogens (tertiary/aromatic N) is 5. The Bertz CT molecular complexity index is 1100. The standard InChI is InChI=1S/C17H13ClN6O/c1-23-16(25)14-15(20-17(23)19-12-5-3-2-4-6-12)24(22-21-14)13-9-7-11(18)8-10-13/h2-10H,1H3,(H,19,20). The van der Waals surface area contributed by atoms with Gasteiger partial charge >= 0.3 is 0 Å². The predicted molar refractivity (Wildman–Crippen MR) is 96.6 cm³/mol. The molecular formula is C17H13ClN6O. The van der Waals surface area contributed by atoms with E-state index in [9.17, 15) is 4.79 Å². The van der Waals surface area contributed by atoms with E-state index in [4.69, 9.17) is 11.6 Å². The Hall–Kier alpha value is -3.19. The highest BCUT2D eigenvalue weighted by Crippen LogP contribution is 2.18. The van der Waals surface area contributed by atoms with E-state index in [-0.39, 0.29) is 11.1 Å². The molecule has 0 aliphatic rings. The van der Waals surface area contributed by atoms with Gasteiger partial charge in [-0.2, -0.15) is 9.67 Å². The molecule has 124 valence electrons. The minimum absolute atomic E-state index is 0.205. The van der Waals surface area contributed by atoms with Crippen molar-refractivity contribution in [2.75, 3.05) is 5.32 Å². The van der Waals surface area contributed by atoms with Gasteiger partial charge in [-0.3, -0.25) is 9.36 Å². The van der Waals surface area contributed by atoms with Crippen LogP contribution in [0.3, 0.4) is 0 Å². The second kappa shape index (κ2) is 6.03. The number of fused-ring (bicyclic) bond motifs is 1. The molecule has 0 saturated carbocycles. The summed E-state index contributed by atoms with van der Waals surface area (Å²) >= 11 is 5.93. The number of rotatable bonds is 3. The third-order valence-electron chi connectivity index (χ3n) is 3.78. The van der Waals surface area contributed by atoms with Crippen LogP contribution in [0.15, 0.2) is 59.4 Å². The molecule has 0 fully saturated rings. The maximum Gasteiger partial charge on any atom is 0.284 e. The molecule has 4 aromatic rings. The lowest BCUT2D eigenvalue weighted by molar-refractivity contribution is 0.816. The van der Waals surface area contributed by atoms with Crippen molar-refractivity contribution in [3.8, 4) is 5.69 Å². The Balaban J connectivity index is 1.88. The normalized spacial score (nSPS) is 11.0. The van der Waals surface area contributed by atoms with Gasteiger partial charge in [0.2, 0.25) is 5.95 Å². The first-order chi connectivity index (χ1) is 12.1. The van der Waals surface area contributed by atoms with Crippen molar-refractivity contribution in [1.82, 2.24) is 24.5 Å². The maximum absolute atomic E-state index is 12.6. The predicted octanol–water partition coefficient (Wildman–Crippen LogP) is 2.91.